The summed E-state index contributed by atoms with van der Waals surface area (Å²) in [5.41, 5.74) is 1.81. The summed E-state index contributed by atoms with van der Waals surface area (Å²) in [6, 6.07) is 15.0. The number of ether oxygens (including phenoxy) is 1. The number of thiazole rings is 1. The van der Waals surface area contributed by atoms with E-state index in [0.29, 0.717) is 29.3 Å². The van der Waals surface area contributed by atoms with E-state index in [4.69, 9.17) is 4.74 Å². The summed E-state index contributed by atoms with van der Waals surface area (Å²) in [7, 11) is 1.59. The van der Waals surface area contributed by atoms with Crippen LogP contribution in [0.1, 0.15) is 0 Å². The Morgan fingerprint density at radius 1 is 1.14 bits per heavy atom. The lowest BCUT2D eigenvalue weighted by Gasteiger charge is -2.20. The summed E-state index contributed by atoms with van der Waals surface area (Å²) >= 11 is 1.44. The molecule has 0 aliphatic carbocycles. The van der Waals surface area contributed by atoms with Crippen LogP contribution in [-0.4, -0.2) is 40.7 Å². The molecular formula is C20H18N4O3S. The highest BCUT2D eigenvalue weighted by atomic mass is 32.1. The smallest absolute Gasteiger partial charge is 0.269 e. The van der Waals surface area contributed by atoms with E-state index >= 15 is 0 Å². The standard InChI is InChI=1S/C20H18N4O3S/c1-27-11-10-23(20-22-15-7-3-5-9-17(15)28-20)19(26)13-24-16-8-4-2-6-14(16)21-12-18(24)25/h2-9,12H,10-11,13H2,1H3. The number of carbonyl (C=O) groups excluding carboxylic acids is 1. The molecule has 0 fully saturated rings. The summed E-state index contributed by atoms with van der Waals surface area (Å²) in [5.74, 6) is -0.227. The van der Waals surface area contributed by atoms with E-state index < -0.39 is 0 Å². The number of anilines is 1. The number of amides is 1. The van der Waals surface area contributed by atoms with Crippen LogP contribution in [0.4, 0.5) is 5.13 Å². The second-order valence-electron chi connectivity index (χ2n) is 6.17. The number of fused-ring (bicyclic) bond motifs is 2. The maximum absolute atomic E-state index is 13.1. The van der Waals surface area contributed by atoms with Crippen molar-refractivity contribution in [2.45, 2.75) is 6.54 Å². The maximum atomic E-state index is 13.1. The molecule has 0 radical (unpaired) electrons. The fraction of sp³-hybridized carbons (Fsp3) is 0.200. The van der Waals surface area contributed by atoms with E-state index in [1.165, 1.54) is 22.1 Å². The zero-order chi connectivity index (χ0) is 19.5. The molecule has 2 aromatic carbocycles. The Hall–Kier alpha value is -3.10. The Balaban J connectivity index is 1.70. The molecule has 0 spiro atoms. The van der Waals surface area contributed by atoms with Crippen molar-refractivity contribution in [1.29, 1.82) is 0 Å². The normalized spacial score (nSPS) is 11.2. The molecule has 1 amide bonds. The Bertz CT molecular complexity index is 1170. The number of hydrogen-bond donors (Lipinski definition) is 0. The molecule has 0 aliphatic heterocycles. The van der Waals surface area contributed by atoms with Gasteiger partial charge in [-0.1, -0.05) is 35.6 Å². The first-order valence-corrected chi connectivity index (χ1v) is 9.58. The van der Waals surface area contributed by atoms with E-state index in [2.05, 4.69) is 9.97 Å². The molecule has 0 unspecified atom stereocenters. The monoisotopic (exact) mass is 394 g/mol. The zero-order valence-electron chi connectivity index (χ0n) is 15.2. The number of methoxy groups -OCH3 is 1. The zero-order valence-corrected chi connectivity index (χ0v) is 16.1. The van der Waals surface area contributed by atoms with Gasteiger partial charge in [0.05, 0.1) is 40.6 Å². The first-order chi connectivity index (χ1) is 13.7. The van der Waals surface area contributed by atoms with Crippen molar-refractivity contribution in [2.24, 2.45) is 0 Å². The van der Waals surface area contributed by atoms with Crippen LogP contribution in [0.5, 0.6) is 0 Å². The Morgan fingerprint density at radius 3 is 2.68 bits per heavy atom. The van der Waals surface area contributed by atoms with Crippen LogP contribution < -0.4 is 10.5 Å². The van der Waals surface area contributed by atoms with Gasteiger partial charge in [-0.05, 0) is 24.3 Å². The lowest BCUT2D eigenvalue weighted by Crippen LogP contribution is -2.38. The lowest BCUT2D eigenvalue weighted by atomic mass is 10.3. The van der Waals surface area contributed by atoms with Crippen LogP contribution in [-0.2, 0) is 16.1 Å². The quantitative estimate of drug-likeness (QED) is 0.502. The Morgan fingerprint density at radius 2 is 1.89 bits per heavy atom. The summed E-state index contributed by atoms with van der Waals surface area (Å²) in [6.45, 7) is 0.627. The predicted molar refractivity (Wildman–Crippen MR) is 110 cm³/mol. The van der Waals surface area contributed by atoms with Gasteiger partial charge in [-0.3, -0.25) is 19.1 Å². The molecule has 0 saturated heterocycles. The number of hydrogen-bond acceptors (Lipinski definition) is 6. The maximum Gasteiger partial charge on any atom is 0.269 e. The minimum atomic E-state index is -0.317. The molecule has 7 nitrogen and oxygen atoms in total. The van der Waals surface area contributed by atoms with E-state index in [9.17, 15) is 9.59 Å². The van der Waals surface area contributed by atoms with Gasteiger partial charge >= 0.3 is 0 Å². The number of carbonyl (C=O) groups is 1. The summed E-state index contributed by atoms with van der Waals surface area (Å²) in [5, 5.41) is 0.592. The predicted octanol–water partition coefficient (Wildman–Crippen LogP) is 2.69. The van der Waals surface area contributed by atoms with Gasteiger partial charge in [-0.2, -0.15) is 0 Å². The van der Waals surface area contributed by atoms with Gasteiger partial charge in [0.2, 0.25) is 5.91 Å². The van der Waals surface area contributed by atoms with Gasteiger partial charge < -0.3 is 4.74 Å². The van der Waals surface area contributed by atoms with Crippen LogP contribution in [0.25, 0.3) is 21.3 Å². The van der Waals surface area contributed by atoms with Gasteiger partial charge in [0.25, 0.3) is 5.56 Å². The molecule has 2 heterocycles. The van der Waals surface area contributed by atoms with Gasteiger partial charge in [0, 0.05) is 7.11 Å². The van der Waals surface area contributed by atoms with Crippen molar-refractivity contribution in [3.63, 3.8) is 0 Å². The van der Waals surface area contributed by atoms with Crippen molar-refractivity contribution >= 4 is 43.6 Å². The lowest BCUT2D eigenvalue weighted by molar-refractivity contribution is -0.119. The Labute approximate surface area is 164 Å². The van der Waals surface area contributed by atoms with Crippen LogP contribution in [0, 0.1) is 0 Å². The topological polar surface area (TPSA) is 77.3 Å². The van der Waals surface area contributed by atoms with Crippen molar-refractivity contribution in [3.8, 4) is 0 Å². The van der Waals surface area contributed by atoms with E-state index in [1.807, 2.05) is 42.5 Å². The first-order valence-electron chi connectivity index (χ1n) is 8.77. The number of para-hydroxylation sites is 3. The average Bonchev–Trinajstić information content (AvgIpc) is 3.14. The van der Waals surface area contributed by atoms with Gasteiger partial charge in [-0.25, -0.2) is 9.97 Å². The Kier molecular flexibility index (Phi) is 5.14. The molecule has 8 heteroatoms. The van der Waals surface area contributed by atoms with Crippen LogP contribution >= 0.6 is 11.3 Å². The minimum Gasteiger partial charge on any atom is -0.383 e. The summed E-state index contributed by atoms with van der Waals surface area (Å²) < 4.78 is 7.61. The highest BCUT2D eigenvalue weighted by Gasteiger charge is 2.21. The fourth-order valence-electron chi connectivity index (χ4n) is 2.98. The number of nitrogens with zero attached hydrogens (tertiary/aromatic N) is 4. The number of benzene rings is 2. The summed E-state index contributed by atoms with van der Waals surface area (Å²) in [6.07, 6.45) is 1.24. The minimum absolute atomic E-state index is 0.0957. The number of aromatic nitrogens is 3. The van der Waals surface area contributed by atoms with Gasteiger partial charge in [0.1, 0.15) is 6.54 Å². The largest absolute Gasteiger partial charge is 0.383 e. The van der Waals surface area contributed by atoms with Crippen LogP contribution in [0.15, 0.2) is 59.5 Å². The molecule has 2 aromatic heterocycles. The molecule has 0 saturated carbocycles. The SMILES string of the molecule is COCCN(C(=O)Cn1c(=O)cnc2ccccc21)c1nc2ccccc2s1. The van der Waals surface area contributed by atoms with E-state index in [1.54, 1.807) is 18.1 Å². The first kappa shape index (κ1) is 18.3. The summed E-state index contributed by atoms with van der Waals surface area (Å²) in [4.78, 5) is 35.8. The van der Waals surface area contributed by atoms with Gasteiger partial charge in [0.15, 0.2) is 5.13 Å². The second-order valence-corrected chi connectivity index (χ2v) is 7.18. The highest BCUT2D eigenvalue weighted by Crippen LogP contribution is 2.28. The van der Waals surface area contributed by atoms with Crippen molar-refractivity contribution < 1.29 is 9.53 Å². The fourth-order valence-corrected chi connectivity index (χ4v) is 3.99. The average molecular weight is 394 g/mol. The number of rotatable bonds is 6. The molecule has 0 aliphatic rings. The molecule has 4 rings (SSSR count). The van der Waals surface area contributed by atoms with Crippen molar-refractivity contribution in [2.75, 3.05) is 25.2 Å². The second kappa shape index (κ2) is 7.87. The van der Waals surface area contributed by atoms with Crippen LogP contribution in [0.3, 0.4) is 0 Å². The molecule has 4 aromatic rings. The third kappa shape index (κ3) is 3.51. The molecule has 0 bridgehead atoms. The van der Waals surface area contributed by atoms with Crippen LogP contribution in [0.2, 0.25) is 0 Å². The third-order valence-corrected chi connectivity index (χ3v) is 5.44. The highest BCUT2D eigenvalue weighted by molar-refractivity contribution is 7.22. The molecule has 28 heavy (non-hydrogen) atoms. The molecule has 0 atom stereocenters. The van der Waals surface area contributed by atoms with E-state index in [-0.39, 0.29) is 18.0 Å². The molecular weight excluding hydrogens is 376 g/mol. The van der Waals surface area contributed by atoms with E-state index in [0.717, 1.165) is 10.2 Å². The van der Waals surface area contributed by atoms with Crippen molar-refractivity contribution in [3.05, 3.63) is 65.1 Å². The molecule has 0 N–H and O–H groups in total. The third-order valence-electron chi connectivity index (χ3n) is 4.38. The van der Waals surface area contributed by atoms with Gasteiger partial charge in [-0.15, -0.1) is 0 Å². The molecule has 142 valence electrons. The van der Waals surface area contributed by atoms with Crippen molar-refractivity contribution in [1.82, 2.24) is 14.5 Å².